The zero-order chi connectivity index (χ0) is 31.4. The van der Waals surface area contributed by atoms with E-state index in [1.807, 2.05) is 0 Å². The number of alkyl halides is 4. The summed E-state index contributed by atoms with van der Waals surface area (Å²) in [6.45, 7) is -0.0745. The Morgan fingerprint density at radius 2 is 1.43 bits per heavy atom. The Morgan fingerprint density at radius 3 is 2.00 bits per heavy atom. The van der Waals surface area contributed by atoms with Crippen LogP contribution in [0.2, 0.25) is 0 Å². The number of hydrogen-bond acceptors (Lipinski definition) is 12. The number of benzene rings is 3. The molecule has 3 rings (SSSR count). The SMILES string of the molecule is O=C(CNc1ccc2c(O)c(N=Nc3cc(NC(=O)C(Br)CBr)ccc3S(=O)(=O)[O-])c(S(=O)(=O)[O-])cc2c1)C(Br)CBr.[Na+].[Na+]. The molecule has 0 aliphatic carbocycles. The first-order valence-corrected chi connectivity index (χ1v) is 18.2. The smallest absolute Gasteiger partial charge is 0.744 e. The number of nitrogens with zero attached hydrogens (tertiary/aromatic N) is 2. The second-order valence-electron chi connectivity index (χ2n) is 8.35. The van der Waals surface area contributed by atoms with E-state index in [0.717, 1.165) is 24.3 Å². The van der Waals surface area contributed by atoms with Crippen molar-refractivity contribution in [2.75, 3.05) is 27.8 Å². The fraction of sp³-hybridized carbons (Fsp3) is 0.217. The topological polar surface area (TPSA) is 218 Å². The van der Waals surface area contributed by atoms with Crippen LogP contribution in [0.3, 0.4) is 0 Å². The first-order chi connectivity index (χ1) is 19.6. The Morgan fingerprint density at radius 1 is 0.841 bits per heavy atom. The number of amides is 1. The van der Waals surface area contributed by atoms with Crippen molar-refractivity contribution in [3.05, 3.63) is 42.5 Å². The van der Waals surface area contributed by atoms with Crippen molar-refractivity contribution in [3.8, 4) is 5.75 Å². The van der Waals surface area contributed by atoms with Crippen LogP contribution in [0.5, 0.6) is 5.75 Å². The van der Waals surface area contributed by atoms with Crippen molar-refractivity contribution in [1.29, 1.82) is 0 Å². The van der Waals surface area contributed by atoms with E-state index in [4.69, 9.17) is 0 Å². The van der Waals surface area contributed by atoms with Gasteiger partial charge >= 0.3 is 59.1 Å². The van der Waals surface area contributed by atoms with Gasteiger partial charge in [-0.25, -0.2) is 16.8 Å². The molecule has 1 amide bonds. The standard InChI is InChI=1S/C23H20Br4N4O9S2.2Na/c24-8-15(26)18(32)10-28-12-1-3-14-11(5-12)6-20(42(38,39)40)21(22(14)33)31-30-17-7-13(29-23(34)16(27)9-25)2-4-19(17)41(35,36)37;;/h1-7,15-16,28,33H,8-10H2,(H,29,34)(H,35,36,37)(H,38,39,40);;/q;2*+1/p-2. The van der Waals surface area contributed by atoms with Crippen molar-refractivity contribution >= 4 is 129 Å². The van der Waals surface area contributed by atoms with Gasteiger partial charge < -0.3 is 24.8 Å². The summed E-state index contributed by atoms with van der Waals surface area (Å²) in [7, 11) is -10.4. The number of halogens is 4. The molecule has 2 atom stereocenters. The first-order valence-electron chi connectivity index (χ1n) is 11.3. The van der Waals surface area contributed by atoms with E-state index < -0.39 is 62.7 Å². The van der Waals surface area contributed by atoms with Crippen molar-refractivity contribution < 1.29 is 99.8 Å². The van der Waals surface area contributed by atoms with Crippen LogP contribution < -0.4 is 69.7 Å². The van der Waals surface area contributed by atoms with Crippen LogP contribution in [0.1, 0.15) is 0 Å². The van der Waals surface area contributed by atoms with Crippen LogP contribution in [0.15, 0.2) is 62.5 Å². The largest absolute Gasteiger partial charge is 1.00 e. The molecule has 0 aliphatic heterocycles. The van der Waals surface area contributed by atoms with Gasteiger partial charge in [-0.05, 0) is 47.9 Å². The summed E-state index contributed by atoms with van der Waals surface area (Å²) < 4.78 is 71.8. The first kappa shape index (κ1) is 42.0. The molecule has 0 heterocycles. The molecule has 2 unspecified atom stereocenters. The summed E-state index contributed by atoms with van der Waals surface area (Å²) >= 11 is 12.6. The molecule has 0 spiro atoms. The van der Waals surface area contributed by atoms with Gasteiger partial charge in [0.25, 0.3) is 0 Å². The number of fused-ring (bicyclic) bond motifs is 1. The van der Waals surface area contributed by atoms with E-state index in [1.54, 1.807) is 0 Å². The summed E-state index contributed by atoms with van der Waals surface area (Å²) in [5.41, 5.74) is -1.01. The summed E-state index contributed by atoms with van der Waals surface area (Å²) in [5.74, 6) is -1.47. The number of azo groups is 1. The molecular formula is C23H18Br4N4Na2O9S2. The molecule has 3 N–H and O–H groups in total. The van der Waals surface area contributed by atoms with Crippen LogP contribution >= 0.6 is 63.7 Å². The average Bonchev–Trinajstić information content (AvgIpc) is 2.93. The maximum atomic E-state index is 12.2. The predicted molar refractivity (Wildman–Crippen MR) is 167 cm³/mol. The Labute approximate surface area is 330 Å². The van der Waals surface area contributed by atoms with Crippen molar-refractivity contribution in [2.24, 2.45) is 10.2 Å². The van der Waals surface area contributed by atoms with Gasteiger partial charge in [0.15, 0.2) is 11.5 Å². The van der Waals surface area contributed by atoms with Crippen molar-refractivity contribution in [3.63, 3.8) is 0 Å². The third kappa shape index (κ3) is 11.0. The van der Waals surface area contributed by atoms with Crippen LogP contribution in [0.4, 0.5) is 22.7 Å². The molecule has 0 radical (unpaired) electrons. The second kappa shape index (κ2) is 18.0. The van der Waals surface area contributed by atoms with Gasteiger partial charge in [0.1, 0.15) is 36.4 Å². The normalized spacial score (nSPS) is 13.0. The molecule has 3 aromatic rings. The van der Waals surface area contributed by atoms with E-state index in [1.165, 1.54) is 18.2 Å². The Bertz CT molecular complexity index is 1800. The number of ketones is 1. The van der Waals surface area contributed by atoms with Gasteiger partial charge in [0.2, 0.25) is 5.91 Å². The number of Topliss-reactive ketones (excluding diaryl/α,β-unsaturated/α-hetero) is 1. The Balaban J connectivity index is 0.00000484. The molecule has 0 bridgehead atoms. The van der Waals surface area contributed by atoms with Gasteiger partial charge in [-0.2, -0.15) is 0 Å². The number of phenols is 1. The number of nitrogens with one attached hydrogen (secondary N) is 2. The van der Waals surface area contributed by atoms with E-state index >= 15 is 0 Å². The summed E-state index contributed by atoms with van der Waals surface area (Å²) in [4.78, 5) is 21.3. The molecule has 0 saturated carbocycles. The van der Waals surface area contributed by atoms with Crippen LogP contribution in [-0.2, 0) is 29.8 Å². The molecule has 44 heavy (non-hydrogen) atoms. The van der Waals surface area contributed by atoms with Crippen LogP contribution in [0.25, 0.3) is 10.8 Å². The van der Waals surface area contributed by atoms with Gasteiger partial charge in [0.05, 0.1) is 21.2 Å². The third-order valence-corrected chi connectivity index (χ3v) is 11.8. The van der Waals surface area contributed by atoms with Crippen LogP contribution in [-0.4, -0.2) is 69.6 Å². The van der Waals surface area contributed by atoms with E-state index in [0.29, 0.717) is 11.0 Å². The molecular weight excluding hydrogens is 906 g/mol. The Kier molecular flexibility index (Phi) is 17.1. The predicted octanol–water partition coefficient (Wildman–Crippen LogP) is -0.987. The third-order valence-electron chi connectivity index (χ3n) is 5.45. The zero-order valence-corrected chi connectivity index (χ0v) is 34.7. The van der Waals surface area contributed by atoms with E-state index in [-0.39, 0.29) is 93.2 Å². The molecule has 0 aromatic heterocycles. The number of hydrogen-bond donors (Lipinski definition) is 3. The number of carbonyl (C=O) groups excluding carboxylic acids is 2. The average molecular weight is 924 g/mol. The number of carbonyl (C=O) groups is 2. The molecule has 3 aromatic carbocycles. The molecule has 0 saturated heterocycles. The summed E-state index contributed by atoms with van der Waals surface area (Å²) in [6.07, 6.45) is 0. The molecule has 0 fully saturated rings. The molecule has 0 aliphatic rings. The number of rotatable bonds is 12. The fourth-order valence-electron chi connectivity index (χ4n) is 3.41. The number of aromatic hydroxyl groups is 1. The minimum atomic E-state index is -5.28. The van der Waals surface area contributed by atoms with Gasteiger partial charge in [-0.15, -0.1) is 10.2 Å². The molecule has 21 heteroatoms. The van der Waals surface area contributed by atoms with E-state index in [2.05, 4.69) is 84.6 Å². The van der Waals surface area contributed by atoms with Crippen LogP contribution in [0, 0.1) is 0 Å². The minimum absolute atomic E-state index is 0. The quantitative estimate of drug-likeness (QED) is 0.0873. The van der Waals surface area contributed by atoms with Crippen molar-refractivity contribution in [1.82, 2.24) is 0 Å². The van der Waals surface area contributed by atoms with Crippen molar-refractivity contribution in [2.45, 2.75) is 19.4 Å². The number of phenolic OH excluding ortho intramolecular Hbond substituents is 1. The Hall–Kier alpha value is 0. The monoisotopic (exact) mass is 920 g/mol. The molecule has 13 nitrogen and oxygen atoms in total. The summed E-state index contributed by atoms with van der Waals surface area (Å²) in [5, 5.41) is 24.3. The van der Waals surface area contributed by atoms with E-state index in [9.17, 15) is 40.6 Å². The maximum absolute atomic E-state index is 12.2. The molecule has 226 valence electrons. The van der Waals surface area contributed by atoms with Gasteiger partial charge in [-0.1, -0.05) is 63.7 Å². The maximum Gasteiger partial charge on any atom is 1.00 e. The zero-order valence-electron chi connectivity index (χ0n) is 22.8. The minimum Gasteiger partial charge on any atom is -0.744 e. The van der Waals surface area contributed by atoms with Gasteiger partial charge in [0, 0.05) is 27.4 Å². The second-order valence-corrected chi connectivity index (χ2v) is 14.6. The summed E-state index contributed by atoms with van der Waals surface area (Å²) in [6, 6.07) is 8.18. The fourth-order valence-corrected chi connectivity index (χ4v) is 5.58. The number of anilines is 2. The van der Waals surface area contributed by atoms with Gasteiger partial charge in [-0.3, -0.25) is 9.59 Å².